The third kappa shape index (κ3) is 4.27. The average molecular weight is 294 g/mol. The van der Waals surface area contributed by atoms with Gasteiger partial charge in [-0.3, -0.25) is 0 Å². The first-order valence-electron chi connectivity index (χ1n) is 7.61. The van der Waals surface area contributed by atoms with Gasteiger partial charge in [-0.2, -0.15) is 16.7 Å². The smallest absolute Gasteiger partial charge is 0.224 e. The molecule has 1 aromatic heterocycles. The molecule has 1 aliphatic carbocycles. The Bertz CT molecular complexity index is 424. The van der Waals surface area contributed by atoms with Crippen molar-refractivity contribution >= 4 is 23.5 Å². The maximum atomic E-state index is 4.59. The fourth-order valence-electron chi connectivity index (χ4n) is 2.69. The van der Waals surface area contributed by atoms with Crippen molar-refractivity contribution < 1.29 is 0 Å². The lowest BCUT2D eigenvalue weighted by molar-refractivity contribution is 0.474. The molecule has 112 valence electrons. The lowest BCUT2D eigenvalue weighted by Crippen LogP contribution is -2.34. The highest BCUT2D eigenvalue weighted by Gasteiger charge is 2.24. The molecule has 5 heteroatoms. The number of hydrogen-bond acceptors (Lipinski definition) is 5. The van der Waals surface area contributed by atoms with Gasteiger partial charge in [0.2, 0.25) is 5.95 Å². The Labute approximate surface area is 126 Å². The number of thioether (sulfide) groups is 1. The van der Waals surface area contributed by atoms with Gasteiger partial charge in [0.1, 0.15) is 5.82 Å². The summed E-state index contributed by atoms with van der Waals surface area (Å²) in [6, 6.07) is 2.58. The molecule has 0 bridgehead atoms. The van der Waals surface area contributed by atoms with Crippen molar-refractivity contribution in [3.8, 4) is 0 Å². The standard InChI is InChI=1S/C15H26N4S/c1-4-9-16-15-17-11(2)10-14(19-15)18-12-7-5-6-8-13(12)20-3/h10,12-13H,4-9H2,1-3H3,(H2,16,17,18,19). The van der Waals surface area contributed by atoms with Crippen LogP contribution in [0.5, 0.6) is 0 Å². The van der Waals surface area contributed by atoms with Gasteiger partial charge in [-0.25, -0.2) is 4.98 Å². The van der Waals surface area contributed by atoms with Crippen LogP contribution < -0.4 is 10.6 Å². The molecule has 2 rings (SSSR count). The number of rotatable bonds is 6. The van der Waals surface area contributed by atoms with Gasteiger partial charge >= 0.3 is 0 Å². The minimum atomic E-state index is 0.534. The molecular formula is C15H26N4S. The summed E-state index contributed by atoms with van der Waals surface area (Å²) in [5.41, 5.74) is 1.01. The SMILES string of the molecule is CCCNc1nc(C)cc(NC2CCCCC2SC)n1. The first kappa shape index (κ1) is 15.4. The number of anilines is 2. The van der Waals surface area contributed by atoms with Crippen LogP contribution in [-0.4, -0.2) is 34.1 Å². The molecule has 20 heavy (non-hydrogen) atoms. The summed E-state index contributed by atoms with van der Waals surface area (Å²) in [7, 11) is 0. The predicted octanol–water partition coefficient (Wildman–Crippen LogP) is 3.69. The Hall–Kier alpha value is -0.970. The van der Waals surface area contributed by atoms with Crippen molar-refractivity contribution in [3.63, 3.8) is 0 Å². The van der Waals surface area contributed by atoms with E-state index in [2.05, 4.69) is 33.8 Å². The summed E-state index contributed by atoms with van der Waals surface area (Å²) >= 11 is 1.97. The molecule has 4 nitrogen and oxygen atoms in total. The molecule has 1 fully saturated rings. The van der Waals surface area contributed by atoms with E-state index in [9.17, 15) is 0 Å². The Kier molecular flexibility index (Phi) is 5.95. The summed E-state index contributed by atoms with van der Waals surface area (Å²) in [5.74, 6) is 1.70. The van der Waals surface area contributed by atoms with Crippen LogP contribution in [0.4, 0.5) is 11.8 Å². The van der Waals surface area contributed by atoms with E-state index in [4.69, 9.17) is 0 Å². The van der Waals surface area contributed by atoms with Gasteiger partial charge in [0, 0.05) is 29.6 Å². The molecule has 2 atom stereocenters. The summed E-state index contributed by atoms with van der Waals surface area (Å²) in [6.45, 7) is 5.09. The van der Waals surface area contributed by atoms with E-state index in [1.54, 1.807) is 0 Å². The van der Waals surface area contributed by atoms with Crippen LogP contribution in [0.2, 0.25) is 0 Å². The van der Waals surface area contributed by atoms with Crippen LogP contribution in [0.3, 0.4) is 0 Å². The number of nitrogens with zero attached hydrogens (tertiary/aromatic N) is 2. The van der Waals surface area contributed by atoms with Crippen molar-refractivity contribution in [2.75, 3.05) is 23.4 Å². The van der Waals surface area contributed by atoms with E-state index in [1.807, 2.05) is 24.8 Å². The van der Waals surface area contributed by atoms with Gasteiger partial charge < -0.3 is 10.6 Å². The zero-order valence-corrected chi connectivity index (χ0v) is 13.6. The molecule has 0 spiro atoms. The lowest BCUT2D eigenvalue weighted by Gasteiger charge is -2.31. The summed E-state index contributed by atoms with van der Waals surface area (Å²) in [6.07, 6.45) is 8.52. The van der Waals surface area contributed by atoms with Crippen molar-refractivity contribution in [1.82, 2.24) is 9.97 Å². The fraction of sp³-hybridized carbons (Fsp3) is 0.733. The second kappa shape index (κ2) is 7.72. The molecule has 0 amide bonds. The van der Waals surface area contributed by atoms with Crippen molar-refractivity contribution in [2.24, 2.45) is 0 Å². The number of hydrogen-bond donors (Lipinski definition) is 2. The van der Waals surface area contributed by atoms with Crippen LogP contribution in [0, 0.1) is 6.92 Å². The molecule has 0 aliphatic heterocycles. The van der Waals surface area contributed by atoms with Crippen molar-refractivity contribution in [3.05, 3.63) is 11.8 Å². The zero-order valence-electron chi connectivity index (χ0n) is 12.8. The van der Waals surface area contributed by atoms with Crippen LogP contribution in [0.1, 0.15) is 44.7 Å². The van der Waals surface area contributed by atoms with E-state index in [0.29, 0.717) is 11.3 Å². The van der Waals surface area contributed by atoms with Gasteiger partial charge in [0.15, 0.2) is 0 Å². The van der Waals surface area contributed by atoms with Crippen LogP contribution in [0.15, 0.2) is 6.07 Å². The molecule has 1 aromatic rings. The molecule has 1 saturated carbocycles. The summed E-state index contributed by atoms with van der Waals surface area (Å²) in [4.78, 5) is 9.03. The van der Waals surface area contributed by atoms with Gasteiger partial charge in [-0.1, -0.05) is 19.8 Å². The second-order valence-corrected chi connectivity index (χ2v) is 6.53. The van der Waals surface area contributed by atoms with Gasteiger partial charge in [0.25, 0.3) is 0 Å². The van der Waals surface area contributed by atoms with Crippen LogP contribution in [0.25, 0.3) is 0 Å². The fourth-order valence-corrected chi connectivity index (χ4v) is 3.63. The lowest BCUT2D eigenvalue weighted by atomic mass is 9.95. The Morgan fingerprint density at radius 1 is 1.30 bits per heavy atom. The van der Waals surface area contributed by atoms with E-state index < -0.39 is 0 Å². The molecule has 0 saturated heterocycles. The minimum absolute atomic E-state index is 0.534. The number of aryl methyl sites for hydroxylation is 1. The Morgan fingerprint density at radius 2 is 2.10 bits per heavy atom. The first-order chi connectivity index (χ1) is 9.72. The van der Waals surface area contributed by atoms with E-state index in [1.165, 1.54) is 25.7 Å². The number of nitrogens with one attached hydrogen (secondary N) is 2. The van der Waals surface area contributed by atoms with Gasteiger partial charge in [0.05, 0.1) is 0 Å². The highest BCUT2D eigenvalue weighted by Crippen LogP contribution is 2.29. The molecule has 0 aromatic carbocycles. The van der Waals surface area contributed by atoms with Crippen molar-refractivity contribution in [1.29, 1.82) is 0 Å². The van der Waals surface area contributed by atoms with E-state index >= 15 is 0 Å². The zero-order chi connectivity index (χ0) is 14.4. The van der Waals surface area contributed by atoms with E-state index in [-0.39, 0.29) is 0 Å². The maximum absolute atomic E-state index is 4.59. The predicted molar refractivity (Wildman–Crippen MR) is 88.7 cm³/mol. The molecule has 1 heterocycles. The molecular weight excluding hydrogens is 268 g/mol. The molecule has 1 aliphatic rings. The summed E-state index contributed by atoms with van der Waals surface area (Å²) in [5, 5.41) is 7.60. The highest BCUT2D eigenvalue weighted by molar-refractivity contribution is 7.99. The molecule has 0 radical (unpaired) electrons. The largest absolute Gasteiger partial charge is 0.366 e. The van der Waals surface area contributed by atoms with Crippen molar-refractivity contribution in [2.45, 2.75) is 57.2 Å². The third-order valence-electron chi connectivity index (χ3n) is 3.73. The minimum Gasteiger partial charge on any atom is -0.366 e. The quantitative estimate of drug-likeness (QED) is 0.838. The third-order valence-corrected chi connectivity index (χ3v) is 4.90. The second-order valence-electron chi connectivity index (χ2n) is 5.45. The Balaban J connectivity index is 2.05. The van der Waals surface area contributed by atoms with Gasteiger partial charge in [-0.05, 0) is 32.4 Å². The number of aromatic nitrogens is 2. The molecule has 2 N–H and O–H groups in total. The monoisotopic (exact) mass is 294 g/mol. The first-order valence-corrected chi connectivity index (χ1v) is 8.90. The average Bonchev–Trinajstić information content (AvgIpc) is 2.45. The molecule has 2 unspecified atom stereocenters. The normalized spacial score (nSPS) is 22.6. The summed E-state index contributed by atoms with van der Waals surface area (Å²) < 4.78 is 0. The van der Waals surface area contributed by atoms with Crippen LogP contribution in [-0.2, 0) is 0 Å². The van der Waals surface area contributed by atoms with Crippen LogP contribution >= 0.6 is 11.8 Å². The van der Waals surface area contributed by atoms with E-state index in [0.717, 1.165) is 30.4 Å². The van der Waals surface area contributed by atoms with Gasteiger partial charge in [-0.15, -0.1) is 0 Å². The highest BCUT2D eigenvalue weighted by atomic mass is 32.2. The Morgan fingerprint density at radius 3 is 2.85 bits per heavy atom. The maximum Gasteiger partial charge on any atom is 0.224 e. The topological polar surface area (TPSA) is 49.8 Å².